The number of methoxy groups -OCH3 is 1. The van der Waals surface area contributed by atoms with Gasteiger partial charge in [-0.1, -0.05) is 27.7 Å². The fourth-order valence-electron chi connectivity index (χ4n) is 1.19. The maximum atomic E-state index is 5.69. The smallest absolute Gasteiger partial charge is 0.188 e. The number of ether oxygens (including phenoxy) is 1. The third-order valence-corrected chi connectivity index (χ3v) is 2.23. The molecule has 0 aliphatic rings. The zero-order valence-corrected chi connectivity index (χ0v) is 13.4. The molecule has 0 aromatic heterocycles. The topological polar surface area (TPSA) is 59.6 Å². The number of nitrogens with zero attached hydrogens (tertiary/aromatic N) is 1. The van der Waals surface area contributed by atoms with Gasteiger partial charge in [0.15, 0.2) is 5.96 Å². The van der Waals surface area contributed by atoms with Crippen molar-refractivity contribution >= 4 is 29.9 Å². The molecule has 1 unspecified atom stereocenters. The molecule has 0 radical (unpaired) electrons. The summed E-state index contributed by atoms with van der Waals surface area (Å²) in [6.07, 6.45) is 1.14. The summed E-state index contributed by atoms with van der Waals surface area (Å²) >= 11 is 0. The lowest BCUT2D eigenvalue weighted by Gasteiger charge is -2.27. The SMILES string of the molecule is CCCNC(N)=NCC(OC)C(C)(C)C.I. The molecule has 0 heterocycles. The third kappa shape index (κ3) is 8.15. The summed E-state index contributed by atoms with van der Waals surface area (Å²) in [6, 6.07) is 0. The zero-order chi connectivity index (χ0) is 11.9. The van der Waals surface area contributed by atoms with Crippen molar-refractivity contribution in [1.29, 1.82) is 0 Å². The summed E-state index contributed by atoms with van der Waals surface area (Å²) in [5, 5.41) is 3.04. The van der Waals surface area contributed by atoms with E-state index in [-0.39, 0.29) is 35.5 Å². The van der Waals surface area contributed by atoms with Gasteiger partial charge in [-0.2, -0.15) is 0 Å². The fraction of sp³-hybridized carbons (Fsp3) is 0.909. The molecule has 0 bridgehead atoms. The van der Waals surface area contributed by atoms with Gasteiger partial charge in [-0.25, -0.2) is 0 Å². The minimum atomic E-state index is 0. The lowest BCUT2D eigenvalue weighted by atomic mass is 9.89. The normalized spacial score (nSPS) is 14.2. The van der Waals surface area contributed by atoms with Gasteiger partial charge in [0.2, 0.25) is 0 Å². The molecule has 0 aliphatic carbocycles. The quantitative estimate of drug-likeness (QED) is 0.456. The molecule has 0 rings (SSSR count). The van der Waals surface area contributed by atoms with Crippen LogP contribution in [0.1, 0.15) is 34.1 Å². The highest BCUT2D eigenvalue weighted by Crippen LogP contribution is 2.21. The number of aliphatic imine (C=N–C) groups is 1. The highest BCUT2D eigenvalue weighted by atomic mass is 127. The van der Waals surface area contributed by atoms with Gasteiger partial charge in [0.05, 0.1) is 12.6 Å². The van der Waals surface area contributed by atoms with Crippen LogP contribution < -0.4 is 11.1 Å². The summed E-state index contributed by atoms with van der Waals surface area (Å²) in [6.45, 7) is 9.95. The van der Waals surface area contributed by atoms with Gasteiger partial charge in [0, 0.05) is 13.7 Å². The van der Waals surface area contributed by atoms with Gasteiger partial charge in [-0.05, 0) is 11.8 Å². The molecule has 0 fully saturated rings. The van der Waals surface area contributed by atoms with Crippen LogP contribution in [0, 0.1) is 5.41 Å². The van der Waals surface area contributed by atoms with E-state index >= 15 is 0 Å². The van der Waals surface area contributed by atoms with E-state index in [1.807, 2.05) is 0 Å². The molecule has 0 aromatic carbocycles. The molecular weight excluding hydrogens is 317 g/mol. The van der Waals surface area contributed by atoms with Crippen LogP contribution in [0.3, 0.4) is 0 Å². The summed E-state index contributed by atoms with van der Waals surface area (Å²) < 4.78 is 5.38. The Balaban J connectivity index is 0. The second-order valence-electron chi connectivity index (χ2n) is 4.74. The molecule has 0 saturated carbocycles. The first-order chi connectivity index (χ1) is 6.91. The average Bonchev–Trinajstić information content (AvgIpc) is 2.13. The molecular formula is C11H26IN3O. The molecule has 0 spiro atoms. The van der Waals surface area contributed by atoms with E-state index in [9.17, 15) is 0 Å². The van der Waals surface area contributed by atoms with Gasteiger partial charge in [-0.3, -0.25) is 4.99 Å². The minimum absolute atomic E-state index is 0. The number of hydrogen-bond donors (Lipinski definition) is 2. The lowest BCUT2D eigenvalue weighted by Crippen LogP contribution is -2.36. The minimum Gasteiger partial charge on any atom is -0.379 e. The van der Waals surface area contributed by atoms with Gasteiger partial charge in [0.1, 0.15) is 0 Å². The Kier molecular flexibility index (Phi) is 10.4. The van der Waals surface area contributed by atoms with E-state index in [0.717, 1.165) is 13.0 Å². The number of rotatable bonds is 5. The van der Waals surface area contributed by atoms with E-state index in [2.05, 4.69) is 38.0 Å². The predicted molar refractivity (Wildman–Crippen MR) is 80.5 cm³/mol. The Morgan fingerprint density at radius 2 is 2.00 bits per heavy atom. The molecule has 0 aromatic rings. The Bertz CT molecular complexity index is 202. The molecule has 0 aliphatic heterocycles. The average molecular weight is 343 g/mol. The zero-order valence-electron chi connectivity index (χ0n) is 11.0. The first-order valence-corrected chi connectivity index (χ1v) is 5.48. The summed E-state index contributed by atoms with van der Waals surface area (Å²) in [7, 11) is 1.71. The largest absolute Gasteiger partial charge is 0.379 e. The van der Waals surface area contributed by atoms with E-state index in [4.69, 9.17) is 10.5 Å². The Labute approximate surface area is 116 Å². The van der Waals surface area contributed by atoms with E-state index in [1.54, 1.807) is 7.11 Å². The summed E-state index contributed by atoms with van der Waals surface area (Å²) in [5.74, 6) is 0.503. The number of guanidine groups is 1. The van der Waals surface area contributed by atoms with Crippen LogP contribution in [0.25, 0.3) is 0 Å². The van der Waals surface area contributed by atoms with Crippen molar-refractivity contribution < 1.29 is 4.74 Å². The highest BCUT2D eigenvalue weighted by Gasteiger charge is 2.23. The number of nitrogens with two attached hydrogens (primary N) is 1. The van der Waals surface area contributed by atoms with Crippen LogP contribution in [0.4, 0.5) is 0 Å². The van der Waals surface area contributed by atoms with Crippen molar-refractivity contribution in [2.24, 2.45) is 16.1 Å². The van der Waals surface area contributed by atoms with E-state index < -0.39 is 0 Å². The van der Waals surface area contributed by atoms with Crippen LogP contribution in [0.2, 0.25) is 0 Å². The number of halogens is 1. The van der Waals surface area contributed by atoms with Crippen molar-refractivity contribution in [2.45, 2.75) is 40.2 Å². The van der Waals surface area contributed by atoms with Crippen LogP contribution in [0.15, 0.2) is 4.99 Å². The van der Waals surface area contributed by atoms with Crippen molar-refractivity contribution in [1.82, 2.24) is 5.32 Å². The number of nitrogens with one attached hydrogen (secondary N) is 1. The van der Waals surface area contributed by atoms with E-state index in [1.165, 1.54) is 0 Å². The maximum Gasteiger partial charge on any atom is 0.188 e. The molecule has 5 heteroatoms. The summed E-state index contributed by atoms with van der Waals surface area (Å²) in [4.78, 5) is 4.26. The highest BCUT2D eigenvalue weighted by molar-refractivity contribution is 14.0. The van der Waals surface area contributed by atoms with Gasteiger partial charge >= 0.3 is 0 Å². The Morgan fingerprint density at radius 1 is 1.44 bits per heavy atom. The Morgan fingerprint density at radius 3 is 2.38 bits per heavy atom. The molecule has 0 amide bonds. The second kappa shape index (κ2) is 9.04. The molecule has 98 valence electrons. The molecule has 1 atom stereocenters. The Hall–Kier alpha value is -0.0400. The maximum absolute atomic E-state index is 5.69. The second-order valence-corrected chi connectivity index (χ2v) is 4.74. The molecule has 0 saturated heterocycles. The predicted octanol–water partition coefficient (Wildman–Crippen LogP) is 1.98. The van der Waals surface area contributed by atoms with Crippen LogP contribution in [-0.4, -0.2) is 32.3 Å². The molecule has 4 nitrogen and oxygen atoms in total. The van der Waals surface area contributed by atoms with Crippen molar-refractivity contribution in [3.8, 4) is 0 Å². The molecule has 16 heavy (non-hydrogen) atoms. The molecule has 3 N–H and O–H groups in total. The monoisotopic (exact) mass is 343 g/mol. The standard InChI is InChI=1S/C11H25N3O.HI/c1-6-7-13-10(12)14-8-9(15-5)11(2,3)4;/h9H,6-8H2,1-5H3,(H3,12,13,14);1H. The first-order valence-electron chi connectivity index (χ1n) is 5.48. The fourth-order valence-corrected chi connectivity index (χ4v) is 1.19. The van der Waals surface area contributed by atoms with Crippen LogP contribution >= 0.6 is 24.0 Å². The van der Waals surface area contributed by atoms with E-state index in [0.29, 0.717) is 12.5 Å². The van der Waals surface area contributed by atoms with Gasteiger partial charge < -0.3 is 15.8 Å². The lowest BCUT2D eigenvalue weighted by molar-refractivity contribution is 0.0241. The van der Waals surface area contributed by atoms with Crippen LogP contribution in [-0.2, 0) is 4.74 Å². The van der Waals surface area contributed by atoms with Crippen LogP contribution in [0.5, 0.6) is 0 Å². The van der Waals surface area contributed by atoms with Crippen molar-refractivity contribution in [3.63, 3.8) is 0 Å². The third-order valence-electron chi connectivity index (χ3n) is 2.23. The van der Waals surface area contributed by atoms with Gasteiger partial charge in [0.25, 0.3) is 0 Å². The van der Waals surface area contributed by atoms with Gasteiger partial charge in [-0.15, -0.1) is 24.0 Å². The van der Waals surface area contributed by atoms with Crippen molar-refractivity contribution in [2.75, 3.05) is 20.2 Å². The summed E-state index contributed by atoms with van der Waals surface area (Å²) in [5.41, 5.74) is 5.78. The number of hydrogen-bond acceptors (Lipinski definition) is 2. The van der Waals surface area contributed by atoms with Crippen molar-refractivity contribution in [3.05, 3.63) is 0 Å². The first kappa shape index (κ1) is 18.3.